The fourth-order valence-electron chi connectivity index (χ4n) is 4.99. The van der Waals surface area contributed by atoms with E-state index in [2.05, 4.69) is 51.7 Å². The summed E-state index contributed by atoms with van der Waals surface area (Å²) in [6, 6.07) is 0. The van der Waals surface area contributed by atoms with Crippen LogP contribution in [0.4, 0.5) is 17.8 Å². The smallest absolute Gasteiger partial charge is 0.229 e. The second-order valence-electron chi connectivity index (χ2n) is 11.5. The van der Waals surface area contributed by atoms with Crippen molar-refractivity contribution < 1.29 is 0 Å². The molecule has 0 saturated heterocycles. The maximum Gasteiger partial charge on any atom is 0.229 e. The Morgan fingerprint density at radius 1 is 0.308 bits per heavy atom. The molecule has 0 bridgehead atoms. The number of hydrogen-bond acceptors (Lipinski definition) is 6. The molecule has 6 heteroatoms. The lowest BCUT2D eigenvalue weighted by Gasteiger charge is -2.11. The second-order valence-corrected chi connectivity index (χ2v) is 11.5. The Bertz CT molecular complexity index is 541. The van der Waals surface area contributed by atoms with E-state index in [1.165, 1.54) is 154 Å². The molecule has 0 spiro atoms. The molecule has 0 radical (unpaired) electrons. The lowest BCUT2D eigenvalue weighted by atomic mass is 10.1. The number of rotatable bonds is 30. The molecule has 1 rings (SSSR count). The van der Waals surface area contributed by atoms with Crippen molar-refractivity contribution in [1.82, 2.24) is 15.0 Å². The van der Waals surface area contributed by atoms with Crippen LogP contribution in [0, 0.1) is 0 Å². The molecule has 0 aliphatic rings. The van der Waals surface area contributed by atoms with Gasteiger partial charge < -0.3 is 16.0 Å². The highest BCUT2D eigenvalue weighted by molar-refractivity contribution is 5.42. The van der Waals surface area contributed by atoms with Gasteiger partial charge in [-0.05, 0) is 19.3 Å². The summed E-state index contributed by atoms with van der Waals surface area (Å²) in [4.78, 5) is 14.0. The number of nitrogens with one attached hydrogen (secondary N) is 3. The highest BCUT2D eigenvalue weighted by Crippen LogP contribution is 2.14. The lowest BCUT2D eigenvalue weighted by molar-refractivity contribution is 0.580. The first-order valence-corrected chi connectivity index (χ1v) is 17.3. The van der Waals surface area contributed by atoms with Crippen molar-refractivity contribution in [3.05, 3.63) is 0 Å². The van der Waals surface area contributed by atoms with Crippen LogP contribution in [0.3, 0.4) is 0 Å². The van der Waals surface area contributed by atoms with Gasteiger partial charge in [0.2, 0.25) is 17.8 Å². The summed E-state index contributed by atoms with van der Waals surface area (Å²) in [5.74, 6) is 2.10. The minimum absolute atomic E-state index is 0.699. The van der Waals surface area contributed by atoms with Gasteiger partial charge in [0.1, 0.15) is 0 Å². The molecule has 1 heterocycles. The lowest BCUT2D eigenvalue weighted by Crippen LogP contribution is -2.14. The molecular formula is C33H66N6. The fourth-order valence-corrected chi connectivity index (χ4v) is 4.99. The Labute approximate surface area is 243 Å². The minimum atomic E-state index is 0.699. The SMILES string of the molecule is CCCCCCCCCCNc1nc(NCCCCCCCCCC)nc(NCCCCCCCCCC)n1. The van der Waals surface area contributed by atoms with Gasteiger partial charge in [-0.2, -0.15) is 15.0 Å². The number of hydrogen-bond donors (Lipinski definition) is 3. The monoisotopic (exact) mass is 547 g/mol. The largest absolute Gasteiger partial charge is 0.354 e. The van der Waals surface area contributed by atoms with Crippen molar-refractivity contribution in [2.24, 2.45) is 0 Å². The van der Waals surface area contributed by atoms with Crippen LogP contribution in [0.2, 0.25) is 0 Å². The van der Waals surface area contributed by atoms with Crippen LogP contribution < -0.4 is 16.0 Å². The van der Waals surface area contributed by atoms with E-state index in [0.29, 0.717) is 17.8 Å². The third-order valence-corrected chi connectivity index (χ3v) is 7.58. The van der Waals surface area contributed by atoms with E-state index in [-0.39, 0.29) is 0 Å². The van der Waals surface area contributed by atoms with Crippen molar-refractivity contribution in [3.8, 4) is 0 Å². The zero-order valence-electron chi connectivity index (χ0n) is 26.4. The number of unbranched alkanes of at least 4 members (excludes halogenated alkanes) is 21. The molecule has 0 fully saturated rings. The summed E-state index contributed by atoms with van der Waals surface area (Å²) < 4.78 is 0. The number of anilines is 3. The molecule has 6 nitrogen and oxygen atoms in total. The van der Waals surface area contributed by atoms with Crippen molar-refractivity contribution in [2.45, 2.75) is 175 Å². The second kappa shape index (κ2) is 28.0. The van der Waals surface area contributed by atoms with E-state index in [4.69, 9.17) is 0 Å². The fraction of sp³-hybridized carbons (Fsp3) is 0.909. The van der Waals surface area contributed by atoms with Gasteiger partial charge in [-0.3, -0.25) is 0 Å². The predicted octanol–water partition coefficient (Wildman–Crippen LogP) is 10.5. The molecule has 3 N–H and O–H groups in total. The van der Waals surface area contributed by atoms with Crippen LogP contribution >= 0.6 is 0 Å². The van der Waals surface area contributed by atoms with Gasteiger partial charge >= 0.3 is 0 Å². The Balaban J connectivity index is 2.38. The normalized spacial score (nSPS) is 11.2. The quantitative estimate of drug-likeness (QED) is 0.0833. The Morgan fingerprint density at radius 3 is 0.744 bits per heavy atom. The van der Waals surface area contributed by atoms with Gasteiger partial charge in [0.15, 0.2) is 0 Å². The molecule has 39 heavy (non-hydrogen) atoms. The average molecular weight is 547 g/mol. The topological polar surface area (TPSA) is 74.8 Å². The van der Waals surface area contributed by atoms with E-state index < -0.39 is 0 Å². The third-order valence-electron chi connectivity index (χ3n) is 7.58. The van der Waals surface area contributed by atoms with E-state index >= 15 is 0 Å². The molecular weight excluding hydrogens is 480 g/mol. The molecule has 0 aliphatic carbocycles. The van der Waals surface area contributed by atoms with Gasteiger partial charge in [-0.1, -0.05) is 156 Å². The first kappa shape index (κ1) is 35.4. The van der Waals surface area contributed by atoms with Crippen molar-refractivity contribution in [2.75, 3.05) is 35.6 Å². The maximum absolute atomic E-state index is 4.68. The first-order chi connectivity index (χ1) is 19.3. The van der Waals surface area contributed by atoms with E-state index in [9.17, 15) is 0 Å². The average Bonchev–Trinajstić information content (AvgIpc) is 2.94. The van der Waals surface area contributed by atoms with Crippen molar-refractivity contribution in [3.63, 3.8) is 0 Å². The molecule has 0 saturated carbocycles. The van der Waals surface area contributed by atoms with Gasteiger partial charge in [0.25, 0.3) is 0 Å². The minimum Gasteiger partial charge on any atom is -0.354 e. The zero-order valence-corrected chi connectivity index (χ0v) is 26.4. The summed E-state index contributed by atoms with van der Waals surface area (Å²) >= 11 is 0. The number of nitrogens with zero attached hydrogens (tertiary/aromatic N) is 3. The van der Waals surface area contributed by atoms with Gasteiger partial charge in [0, 0.05) is 19.6 Å². The summed E-state index contributed by atoms with van der Waals surface area (Å²) in [6.07, 6.45) is 31.9. The third kappa shape index (κ3) is 22.9. The Morgan fingerprint density at radius 2 is 0.513 bits per heavy atom. The molecule has 0 aliphatic heterocycles. The van der Waals surface area contributed by atoms with Crippen LogP contribution in [0.1, 0.15) is 175 Å². The van der Waals surface area contributed by atoms with Crippen LogP contribution in [-0.2, 0) is 0 Å². The first-order valence-electron chi connectivity index (χ1n) is 17.3. The zero-order chi connectivity index (χ0) is 28.1. The molecule has 0 aromatic carbocycles. The Hall–Kier alpha value is -1.59. The molecule has 1 aromatic rings. The van der Waals surface area contributed by atoms with Gasteiger partial charge in [-0.25, -0.2) is 0 Å². The summed E-state index contributed by atoms with van der Waals surface area (Å²) in [7, 11) is 0. The molecule has 1 aromatic heterocycles. The Kier molecular flexibility index (Phi) is 25.4. The summed E-state index contributed by atoms with van der Waals surface area (Å²) in [6.45, 7) is 9.61. The van der Waals surface area contributed by atoms with Crippen LogP contribution in [0.15, 0.2) is 0 Å². The summed E-state index contributed by atoms with van der Waals surface area (Å²) in [5, 5.41) is 10.4. The molecule has 0 unspecified atom stereocenters. The van der Waals surface area contributed by atoms with E-state index in [0.717, 1.165) is 19.6 Å². The maximum atomic E-state index is 4.68. The van der Waals surface area contributed by atoms with Crippen LogP contribution in [0.25, 0.3) is 0 Å². The van der Waals surface area contributed by atoms with Crippen LogP contribution in [-0.4, -0.2) is 34.6 Å². The highest BCUT2D eigenvalue weighted by atomic mass is 15.3. The van der Waals surface area contributed by atoms with Crippen molar-refractivity contribution in [1.29, 1.82) is 0 Å². The summed E-state index contributed by atoms with van der Waals surface area (Å²) in [5.41, 5.74) is 0. The standard InChI is InChI=1S/C33H66N6/c1-4-7-10-13-16-19-22-25-28-34-31-37-32(35-29-26-23-20-17-14-11-8-5-2)39-33(38-31)36-30-27-24-21-18-15-12-9-6-3/h4-30H2,1-3H3,(H3,34,35,36,37,38,39). The molecule has 0 atom stereocenters. The van der Waals surface area contributed by atoms with Gasteiger partial charge in [0.05, 0.1) is 0 Å². The highest BCUT2D eigenvalue weighted by Gasteiger charge is 2.06. The number of aromatic nitrogens is 3. The van der Waals surface area contributed by atoms with E-state index in [1.807, 2.05) is 0 Å². The van der Waals surface area contributed by atoms with Gasteiger partial charge in [-0.15, -0.1) is 0 Å². The predicted molar refractivity (Wildman–Crippen MR) is 173 cm³/mol. The van der Waals surface area contributed by atoms with Crippen LogP contribution in [0.5, 0.6) is 0 Å². The van der Waals surface area contributed by atoms with E-state index in [1.54, 1.807) is 0 Å². The van der Waals surface area contributed by atoms with Crippen molar-refractivity contribution >= 4 is 17.8 Å². The molecule has 0 amide bonds. The molecule has 228 valence electrons.